The van der Waals surface area contributed by atoms with E-state index in [1.54, 1.807) is 30.8 Å². The molecule has 0 radical (unpaired) electrons. The van der Waals surface area contributed by atoms with Gasteiger partial charge in [-0.15, -0.1) is 11.3 Å². The maximum Gasteiger partial charge on any atom is 0.342 e. The summed E-state index contributed by atoms with van der Waals surface area (Å²) in [5, 5.41) is 10.8. The van der Waals surface area contributed by atoms with Crippen LogP contribution in [0.4, 0.5) is 0 Å². The summed E-state index contributed by atoms with van der Waals surface area (Å²) in [6, 6.07) is 1.71. The maximum absolute atomic E-state index is 12.3. The summed E-state index contributed by atoms with van der Waals surface area (Å²) in [5.74, 6) is 0.222. The molecule has 0 bridgehead atoms. The highest BCUT2D eigenvalue weighted by atomic mass is 32.1. The Morgan fingerprint density at radius 2 is 1.96 bits per heavy atom. The highest BCUT2D eigenvalue weighted by molar-refractivity contribution is 7.10. The van der Waals surface area contributed by atoms with Gasteiger partial charge < -0.3 is 19.3 Å². The molecule has 2 rings (SSSR count). The van der Waals surface area contributed by atoms with Crippen molar-refractivity contribution in [2.75, 3.05) is 21.3 Å². The van der Waals surface area contributed by atoms with Crippen molar-refractivity contribution in [1.82, 2.24) is 4.98 Å². The number of aromatic nitrogens is 1. The van der Waals surface area contributed by atoms with Gasteiger partial charge in [-0.3, -0.25) is 0 Å². The van der Waals surface area contributed by atoms with E-state index in [2.05, 4.69) is 4.98 Å². The molecule has 1 aromatic heterocycles. The van der Waals surface area contributed by atoms with Gasteiger partial charge in [-0.1, -0.05) is 17.7 Å². The first kappa shape index (κ1) is 20.5. The van der Waals surface area contributed by atoms with Crippen LogP contribution in [0.2, 0.25) is 0 Å². The molecule has 0 aliphatic rings. The summed E-state index contributed by atoms with van der Waals surface area (Å²) in [7, 11) is 4.35. The molecule has 2 aromatic rings. The molecule has 1 heterocycles. The molecule has 1 N–H and O–H groups in total. The number of allylic oxidation sites excluding steroid dienone is 2. The van der Waals surface area contributed by atoms with E-state index < -0.39 is 5.97 Å². The normalized spacial score (nSPS) is 10.7. The number of nitrogens with zero attached hydrogens (tertiary/aromatic N) is 1. The van der Waals surface area contributed by atoms with Crippen LogP contribution in [0.25, 0.3) is 12.2 Å². The number of phenolic OH excluding ortho intramolecular Hbond substituents is 1. The molecule has 27 heavy (non-hydrogen) atoms. The number of carbonyl (C=O) groups is 1. The predicted octanol–water partition coefficient (Wildman–Crippen LogP) is 4.33. The second kappa shape index (κ2) is 9.23. The van der Waals surface area contributed by atoms with Crippen molar-refractivity contribution in [3.05, 3.63) is 44.8 Å². The molecule has 1 aromatic carbocycles. The molecule has 7 heteroatoms. The number of rotatable bonds is 7. The van der Waals surface area contributed by atoms with Crippen molar-refractivity contribution >= 4 is 29.5 Å². The third kappa shape index (κ3) is 4.68. The lowest BCUT2D eigenvalue weighted by Gasteiger charge is -2.15. The quantitative estimate of drug-likeness (QED) is 0.561. The SMILES string of the molecule is COC(=O)c1c(/C=C/c2scnc2OC)cc(OC)c(CC=C(C)C)c1O. The fourth-order valence-electron chi connectivity index (χ4n) is 2.51. The van der Waals surface area contributed by atoms with Crippen molar-refractivity contribution in [2.45, 2.75) is 20.3 Å². The summed E-state index contributed by atoms with van der Waals surface area (Å²) in [4.78, 5) is 17.2. The Kier molecular flexibility index (Phi) is 7.01. The van der Waals surface area contributed by atoms with Crippen molar-refractivity contribution in [1.29, 1.82) is 0 Å². The minimum absolute atomic E-state index is 0.0928. The van der Waals surface area contributed by atoms with Crippen LogP contribution in [0.15, 0.2) is 23.2 Å². The Bertz CT molecular complexity index is 879. The van der Waals surface area contributed by atoms with E-state index in [1.165, 1.54) is 25.6 Å². The smallest absolute Gasteiger partial charge is 0.342 e. The van der Waals surface area contributed by atoms with E-state index in [4.69, 9.17) is 14.2 Å². The van der Waals surface area contributed by atoms with Gasteiger partial charge in [0.25, 0.3) is 0 Å². The summed E-state index contributed by atoms with van der Waals surface area (Å²) in [6.07, 6.45) is 5.87. The Morgan fingerprint density at radius 1 is 1.22 bits per heavy atom. The molecule has 0 spiro atoms. The van der Waals surface area contributed by atoms with Crippen LogP contribution in [-0.2, 0) is 11.2 Å². The lowest BCUT2D eigenvalue weighted by atomic mass is 9.97. The lowest BCUT2D eigenvalue weighted by Crippen LogP contribution is -2.07. The molecular formula is C20H23NO5S. The first-order valence-electron chi connectivity index (χ1n) is 8.22. The standard InChI is InChI=1S/C20H23NO5S/c1-12(2)6-8-14-15(24-3)10-13(17(18(14)22)20(23)26-5)7-9-16-19(25-4)21-11-27-16/h6-7,9-11,22H,8H2,1-5H3/b9-7+. The first-order chi connectivity index (χ1) is 12.9. The van der Waals surface area contributed by atoms with Crippen molar-refractivity contribution in [2.24, 2.45) is 0 Å². The van der Waals surface area contributed by atoms with Crippen molar-refractivity contribution in [3.63, 3.8) is 0 Å². The molecule has 0 aliphatic heterocycles. The number of carbonyl (C=O) groups excluding carboxylic acids is 1. The van der Waals surface area contributed by atoms with Crippen LogP contribution in [-0.4, -0.2) is 37.4 Å². The third-order valence-electron chi connectivity index (χ3n) is 3.89. The molecule has 0 unspecified atom stereocenters. The van der Waals surface area contributed by atoms with Gasteiger partial charge in [0.2, 0.25) is 5.88 Å². The second-order valence-electron chi connectivity index (χ2n) is 5.91. The summed E-state index contributed by atoms with van der Waals surface area (Å²) in [5.41, 5.74) is 3.87. The van der Waals surface area contributed by atoms with E-state index in [0.29, 0.717) is 29.2 Å². The van der Waals surface area contributed by atoms with Crippen LogP contribution in [0.1, 0.15) is 40.2 Å². The molecule has 0 fully saturated rings. The largest absolute Gasteiger partial charge is 0.507 e. The second-order valence-corrected chi connectivity index (χ2v) is 6.79. The summed E-state index contributed by atoms with van der Waals surface area (Å²) >= 11 is 1.40. The van der Waals surface area contributed by atoms with Crippen LogP contribution < -0.4 is 9.47 Å². The van der Waals surface area contributed by atoms with Crippen molar-refractivity contribution in [3.8, 4) is 17.4 Å². The van der Waals surface area contributed by atoms with Gasteiger partial charge in [-0.25, -0.2) is 9.78 Å². The van der Waals surface area contributed by atoms with Gasteiger partial charge in [0.05, 0.1) is 31.7 Å². The maximum atomic E-state index is 12.3. The number of methoxy groups -OCH3 is 3. The minimum Gasteiger partial charge on any atom is -0.507 e. The summed E-state index contributed by atoms with van der Waals surface area (Å²) < 4.78 is 15.5. The van der Waals surface area contributed by atoms with Crippen LogP contribution in [0, 0.1) is 0 Å². The number of benzene rings is 1. The zero-order chi connectivity index (χ0) is 20.0. The predicted molar refractivity (Wildman–Crippen MR) is 107 cm³/mol. The van der Waals surface area contributed by atoms with Gasteiger partial charge in [-0.2, -0.15) is 0 Å². The number of thiazole rings is 1. The Labute approximate surface area is 162 Å². The van der Waals surface area contributed by atoms with Crippen molar-refractivity contribution < 1.29 is 24.1 Å². The molecule has 0 amide bonds. The highest BCUT2D eigenvalue weighted by Gasteiger charge is 2.22. The number of phenols is 1. The topological polar surface area (TPSA) is 77.9 Å². The van der Waals surface area contributed by atoms with Gasteiger partial charge in [0, 0.05) is 5.56 Å². The Morgan fingerprint density at radius 3 is 2.56 bits per heavy atom. The number of esters is 1. The molecule has 6 nitrogen and oxygen atoms in total. The van der Waals surface area contributed by atoms with E-state index in [-0.39, 0.29) is 11.3 Å². The van der Waals surface area contributed by atoms with Crippen LogP contribution in [0.3, 0.4) is 0 Å². The first-order valence-corrected chi connectivity index (χ1v) is 9.10. The van der Waals surface area contributed by atoms with Gasteiger partial charge in [0.15, 0.2) is 0 Å². The van der Waals surface area contributed by atoms with Gasteiger partial charge in [0.1, 0.15) is 17.1 Å². The van der Waals surface area contributed by atoms with E-state index in [9.17, 15) is 9.90 Å². The third-order valence-corrected chi connectivity index (χ3v) is 4.66. The molecule has 0 aliphatic carbocycles. The van der Waals surface area contributed by atoms with E-state index in [0.717, 1.165) is 10.5 Å². The Balaban J connectivity index is 2.60. The number of aromatic hydroxyl groups is 1. The number of ether oxygens (including phenoxy) is 3. The average Bonchev–Trinajstić information content (AvgIpc) is 3.11. The monoisotopic (exact) mass is 389 g/mol. The fraction of sp³-hybridized carbons (Fsp3) is 0.300. The molecular weight excluding hydrogens is 366 g/mol. The van der Waals surface area contributed by atoms with E-state index in [1.807, 2.05) is 19.9 Å². The zero-order valence-electron chi connectivity index (χ0n) is 16.0. The van der Waals surface area contributed by atoms with Gasteiger partial charge in [-0.05, 0) is 38.0 Å². The Hall–Kier alpha value is -2.80. The molecule has 0 saturated carbocycles. The molecule has 144 valence electrons. The minimum atomic E-state index is -0.621. The highest BCUT2D eigenvalue weighted by Crippen LogP contribution is 2.37. The van der Waals surface area contributed by atoms with Crippen LogP contribution in [0.5, 0.6) is 17.4 Å². The number of hydrogen-bond acceptors (Lipinski definition) is 7. The van der Waals surface area contributed by atoms with Gasteiger partial charge >= 0.3 is 5.97 Å². The average molecular weight is 389 g/mol. The van der Waals surface area contributed by atoms with Crippen LogP contribution >= 0.6 is 11.3 Å². The summed E-state index contributed by atoms with van der Waals surface area (Å²) in [6.45, 7) is 3.93. The van der Waals surface area contributed by atoms with E-state index >= 15 is 0 Å². The zero-order valence-corrected chi connectivity index (χ0v) is 16.8. The molecule has 0 saturated heterocycles. The number of hydrogen-bond donors (Lipinski definition) is 1. The fourth-order valence-corrected chi connectivity index (χ4v) is 3.16. The lowest BCUT2D eigenvalue weighted by molar-refractivity contribution is 0.0597. The molecule has 0 atom stereocenters.